The van der Waals surface area contributed by atoms with E-state index in [9.17, 15) is 4.79 Å². The summed E-state index contributed by atoms with van der Waals surface area (Å²) >= 11 is 3.42. The summed E-state index contributed by atoms with van der Waals surface area (Å²) < 4.78 is 1.08. The highest BCUT2D eigenvalue weighted by Crippen LogP contribution is 2.11. The predicted molar refractivity (Wildman–Crippen MR) is 78.4 cm³/mol. The molecule has 0 aliphatic rings. The number of hydrogen-bond donors (Lipinski definition) is 0. The van der Waals surface area contributed by atoms with Crippen molar-refractivity contribution in [3.63, 3.8) is 0 Å². The number of carbonyl (C=O) groups excluding carboxylic acids is 1. The molecule has 0 aliphatic carbocycles. The molecule has 18 heavy (non-hydrogen) atoms. The number of rotatable bonds is 6. The molecule has 0 heterocycles. The smallest absolute Gasteiger partial charge is 0.236 e. The van der Waals surface area contributed by atoms with Gasteiger partial charge in [0.25, 0.3) is 0 Å². The Balaban J connectivity index is 2.48. The van der Waals surface area contributed by atoms with Crippen molar-refractivity contribution in [2.24, 2.45) is 0 Å². The fourth-order valence-electron chi connectivity index (χ4n) is 1.86. The van der Waals surface area contributed by atoms with E-state index in [1.807, 2.05) is 42.8 Å². The molecule has 0 atom stereocenters. The van der Waals surface area contributed by atoms with E-state index in [-0.39, 0.29) is 5.91 Å². The summed E-state index contributed by atoms with van der Waals surface area (Å²) in [6, 6.07) is 8.19. The van der Waals surface area contributed by atoms with Crippen molar-refractivity contribution in [3.05, 3.63) is 34.3 Å². The normalized spacial score (nSPS) is 10.7. The Morgan fingerprint density at radius 1 is 1.17 bits per heavy atom. The Bertz CT molecular complexity index is 374. The fraction of sp³-hybridized carbons (Fsp3) is 0.500. The van der Waals surface area contributed by atoms with E-state index < -0.39 is 0 Å². The van der Waals surface area contributed by atoms with Gasteiger partial charge in [-0.2, -0.15) is 0 Å². The van der Waals surface area contributed by atoms with E-state index >= 15 is 0 Å². The highest BCUT2D eigenvalue weighted by molar-refractivity contribution is 9.10. The summed E-state index contributed by atoms with van der Waals surface area (Å²) in [4.78, 5) is 15.8. The van der Waals surface area contributed by atoms with Crippen LogP contribution in [-0.4, -0.2) is 42.4 Å². The lowest BCUT2D eigenvalue weighted by molar-refractivity contribution is -0.131. The minimum atomic E-state index is 0.194. The summed E-state index contributed by atoms with van der Waals surface area (Å²) in [5.41, 5.74) is 1.22. The van der Waals surface area contributed by atoms with E-state index in [0.717, 1.165) is 24.1 Å². The zero-order chi connectivity index (χ0) is 13.5. The molecule has 1 amide bonds. The molecule has 100 valence electrons. The number of carbonyl (C=O) groups is 1. The van der Waals surface area contributed by atoms with Gasteiger partial charge >= 0.3 is 0 Å². The third-order valence-electron chi connectivity index (χ3n) is 2.89. The Hall–Kier alpha value is -0.870. The SMILES string of the molecule is CCN(CC)C(=O)CN(C)Cc1ccc(Br)cc1. The zero-order valence-electron chi connectivity index (χ0n) is 11.3. The maximum atomic E-state index is 11.9. The lowest BCUT2D eigenvalue weighted by atomic mass is 10.2. The third-order valence-corrected chi connectivity index (χ3v) is 3.42. The van der Waals surface area contributed by atoms with Crippen molar-refractivity contribution in [3.8, 4) is 0 Å². The van der Waals surface area contributed by atoms with E-state index in [1.165, 1.54) is 5.56 Å². The Kier molecular flexibility index (Phi) is 6.36. The molecule has 3 nitrogen and oxygen atoms in total. The second-order valence-electron chi connectivity index (χ2n) is 4.36. The molecule has 1 aromatic carbocycles. The summed E-state index contributed by atoms with van der Waals surface area (Å²) in [5, 5.41) is 0. The fourth-order valence-corrected chi connectivity index (χ4v) is 2.13. The van der Waals surface area contributed by atoms with Gasteiger partial charge in [-0.05, 0) is 38.6 Å². The van der Waals surface area contributed by atoms with Gasteiger partial charge in [-0.15, -0.1) is 0 Å². The molecule has 0 aliphatic heterocycles. The van der Waals surface area contributed by atoms with Crippen LogP contribution >= 0.6 is 15.9 Å². The first-order valence-electron chi connectivity index (χ1n) is 6.27. The van der Waals surface area contributed by atoms with Crippen molar-refractivity contribution < 1.29 is 4.79 Å². The molecule has 4 heteroatoms. The first-order valence-corrected chi connectivity index (χ1v) is 7.06. The summed E-state index contributed by atoms with van der Waals surface area (Å²) in [6.45, 7) is 6.84. The Morgan fingerprint density at radius 3 is 2.22 bits per heavy atom. The van der Waals surface area contributed by atoms with Crippen molar-refractivity contribution in [2.75, 3.05) is 26.7 Å². The Labute approximate surface area is 118 Å². The molecule has 0 spiro atoms. The molecule has 0 fully saturated rings. The van der Waals surface area contributed by atoms with Crippen molar-refractivity contribution in [1.82, 2.24) is 9.80 Å². The van der Waals surface area contributed by atoms with Crippen LogP contribution in [0.2, 0.25) is 0 Å². The molecule has 1 aromatic rings. The van der Waals surface area contributed by atoms with Crippen LogP contribution in [0.4, 0.5) is 0 Å². The van der Waals surface area contributed by atoms with Crippen LogP contribution in [0.15, 0.2) is 28.7 Å². The van der Waals surface area contributed by atoms with E-state index in [1.54, 1.807) is 0 Å². The van der Waals surface area contributed by atoms with E-state index in [0.29, 0.717) is 6.54 Å². The summed E-state index contributed by atoms with van der Waals surface area (Å²) in [7, 11) is 1.98. The molecule has 0 unspecified atom stereocenters. The molecule has 0 bridgehead atoms. The van der Waals surface area contributed by atoms with Crippen LogP contribution in [-0.2, 0) is 11.3 Å². The van der Waals surface area contributed by atoms with Crippen molar-refractivity contribution in [1.29, 1.82) is 0 Å². The molecule has 0 N–H and O–H groups in total. The van der Waals surface area contributed by atoms with Crippen LogP contribution in [0.25, 0.3) is 0 Å². The van der Waals surface area contributed by atoms with Gasteiger partial charge in [-0.1, -0.05) is 28.1 Å². The van der Waals surface area contributed by atoms with E-state index in [2.05, 4.69) is 28.1 Å². The Morgan fingerprint density at radius 2 is 1.72 bits per heavy atom. The van der Waals surface area contributed by atoms with Gasteiger partial charge < -0.3 is 4.90 Å². The molecule has 0 radical (unpaired) electrons. The quantitative estimate of drug-likeness (QED) is 0.806. The van der Waals surface area contributed by atoms with Gasteiger partial charge in [-0.25, -0.2) is 0 Å². The molecule has 0 saturated carbocycles. The van der Waals surface area contributed by atoms with Gasteiger partial charge in [-0.3, -0.25) is 9.69 Å². The summed E-state index contributed by atoms with van der Waals surface area (Å²) in [5.74, 6) is 0.194. The summed E-state index contributed by atoms with van der Waals surface area (Å²) in [6.07, 6.45) is 0. The van der Waals surface area contributed by atoms with Crippen molar-refractivity contribution >= 4 is 21.8 Å². The minimum Gasteiger partial charge on any atom is -0.342 e. The predicted octanol–water partition coefficient (Wildman–Crippen LogP) is 2.75. The average molecular weight is 313 g/mol. The maximum Gasteiger partial charge on any atom is 0.236 e. The van der Waals surface area contributed by atoms with Crippen LogP contribution in [0.1, 0.15) is 19.4 Å². The highest BCUT2D eigenvalue weighted by atomic mass is 79.9. The largest absolute Gasteiger partial charge is 0.342 e. The van der Waals surface area contributed by atoms with Crippen LogP contribution in [0, 0.1) is 0 Å². The van der Waals surface area contributed by atoms with Crippen LogP contribution in [0.3, 0.4) is 0 Å². The molecule has 0 saturated heterocycles. The number of nitrogens with zero attached hydrogens (tertiary/aromatic N) is 2. The van der Waals surface area contributed by atoms with Gasteiger partial charge in [0.05, 0.1) is 6.54 Å². The topological polar surface area (TPSA) is 23.6 Å². The molecular formula is C14H21BrN2O. The number of amides is 1. The maximum absolute atomic E-state index is 11.9. The standard InChI is InChI=1S/C14H21BrN2O/c1-4-17(5-2)14(18)11-16(3)10-12-6-8-13(15)9-7-12/h6-9H,4-5,10-11H2,1-3H3. The lowest BCUT2D eigenvalue weighted by Gasteiger charge is -2.23. The number of benzene rings is 1. The first kappa shape index (κ1) is 15.2. The van der Waals surface area contributed by atoms with Crippen LogP contribution < -0.4 is 0 Å². The molecule has 1 rings (SSSR count). The monoisotopic (exact) mass is 312 g/mol. The highest BCUT2D eigenvalue weighted by Gasteiger charge is 2.12. The zero-order valence-corrected chi connectivity index (χ0v) is 12.9. The molecule has 0 aromatic heterocycles. The van der Waals surface area contributed by atoms with Crippen molar-refractivity contribution in [2.45, 2.75) is 20.4 Å². The third kappa shape index (κ3) is 4.78. The number of hydrogen-bond acceptors (Lipinski definition) is 2. The first-order chi connectivity index (χ1) is 8.56. The minimum absolute atomic E-state index is 0.194. The molecular weight excluding hydrogens is 292 g/mol. The second-order valence-corrected chi connectivity index (χ2v) is 5.28. The average Bonchev–Trinajstić information content (AvgIpc) is 2.33. The van der Waals surface area contributed by atoms with Crippen LogP contribution in [0.5, 0.6) is 0 Å². The number of likely N-dealkylation sites (N-methyl/N-ethyl adjacent to an activating group) is 2. The van der Waals surface area contributed by atoms with E-state index in [4.69, 9.17) is 0 Å². The number of halogens is 1. The second kappa shape index (κ2) is 7.54. The van der Waals surface area contributed by atoms with Gasteiger partial charge in [0.15, 0.2) is 0 Å². The van der Waals surface area contributed by atoms with Gasteiger partial charge in [0, 0.05) is 24.1 Å². The van der Waals surface area contributed by atoms with Gasteiger partial charge in [0.1, 0.15) is 0 Å². The lowest BCUT2D eigenvalue weighted by Crippen LogP contribution is -2.38. The van der Waals surface area contributed by atoms with Gasteiger partial charge in [0.2, 0.25) is 5.91 Å².